The fourth-order valence-electron chi connectivity index (χ4n) is 4.80. The zero-order chi connectivity index (χ0) is 25.6. The quantitative estimate of drug-likeness (QED) is 0.147. The van der Waals surface area contributed by atoms with E-state index in [4.69, 9.17) is 9.47 Å². The lowest BCUT2D eigenvalue weighted by Gasteiger charge is -2.19. The Bertz CT molecular complexity index is 600. The molecule has 1 aromatic carbocycles. The van der Waals surface area contributed by atoms with Crippen LogP contribution in [0.4, 0.5) is 0 Å². The number of aromatic hydroxyl groups is 1. The van der Waals surface area contributed by atoms with Gasteiger partial charge in [-0.05, 0) is 50.3 Å². The molecule has 0 aliphatic carbocycles. The number of hydrogen-bond donors (Lipinski definition) is 1. The first kappa shape index (κ1) is 32.0. The highest BCUT2D eigenvalue weighted by molar-refractivity contribution is 5.40. The highest BCUT2D eigenvalue weighted by Gasteiger charge is 2.15. The van der Waals surface area contributed by atoms with Gasteiger partial charge in [-0.1, -0.05) is 116 Å². The maximum absolute atomic E-state index is 10.5. The van der Waals surface area contributed by atoms with Gasteiger partial charge in [-0.2, -0.15) is 0 Å². The van der Waals surface area contributed by atoms with Crippen molar-refractivity contribution in [3.05, 3.63) is 29.3 Å². The average molecular weight is 491 g/mol. The maximum Gasteiger partial charge on any atom is 0.119 e. The van der Waals surface area contributed by atoms with Crippen molar-refractivity contribution in [1.29, 1.82) is 0 Å². The van der Waals surface area contributed by atoms with Crippen LogP contribution in [0, 0.1) is 0 Å². The van der Waals surface area contributed by atoms with Crippen LogP contribution in [-0.2, 0) is 22.3 Å². The number of ether oxygens (including phenoxy) is 2. The van der Waals surface area contributed by atoms with Gasteiger partial charge in [0.2, 0.25) is 0 Å². The Morgan fingerprint density at radius 3 is 1.51 bits per heavy atom. The van der Waals surface area contributed by atoms with E-state index < -0.39 is 0 Å². The molecule has 35 heavy (non-hydrogen) atoms. The first-order valence-corrected chi connectivity index (χ1v) is 15.1. The number of hydrogen-bond acceptors (Lipinski definition) is 3. The first-order chi connectivity index (χ1) is 17.1. The first-order valence-electron chi connectivity index (χ1n) is 15.1. The molecule has 1 rings (SSSR count). The van der Waals surface area contributed by atoms with Crippen LogP contribution in [-0.4, -0.2) is 30.5 Å². The van der Waals surface area contributed by atoms with Gasteiger partial charge in [0, 0.05) is 19.6 Å². The zero-order valence-corrected chi connectivity index (χ0v) is 23.8. The molecule has 0 aromatic heterocycles. The second-order valence-corrected chi connectivity index (χ2v) is 10.6. The van der Waals surface area contributed by atoms with E-state index in [1.165, 1.54) is 95.5 Å². The number of phenolic OH excluding ortho intramolecular Hbond substituents is 1. The lowest BCUT2D eigenvalue weighted by atomic mass is 9.97. The van der Waals surface area contributed by atoms with Crippen molar-refractivity contribution in [1.82, 2.24) is 0 Å². The summed E-state index contributed by atoms with van der Waals surface area (Å²) < 4.78 is 12.2. The van der Waals surface area contributed by atoms with Gasteiger partial charge in [0.25, 0.3) is 0 Å². The molecule has 3 heteroatoms. The minimum Gasteiger partial charge on any atom is -0.508 e. The van der Waals surface area contributed by atoms with Crippen molar-refractivity contribution in [2.45, 2.75) is 155 Å². The Kier molecular flexibility index (Phi) is 20.2. The van der Waals surface area contributed by atoms with E-state index in [0.29, 0.717) is 5.75 Å². The molecule has 0 saturated carbocycles. The summed E-state index contributed by atoms with van der Waals surface area (Å²) in [4.78, 5) is 0. The molecule has 2 atom stereocenters. The van der Waals surface area contributed by atoms with Gasteiger partial charge in [-0.15, -0.1) is 0 Å². The molecule has 1 aromatic rings. The van der Waals surface area contributed by atoms with Crippen molar-refractivity contribution in [3.8, 4) is 5.75 Å². The number of rotatable bonds is 24. The van der Waals surface area contributed by atoms with Gasteiger partial charge in [0.05, 0.1) is 12.2 Å². The maximum atomic E-state index is 10.5. The predicted octanol–water partition coefficient (Wildman–Crippen LogP) is 9.57. The predicted molar refractivity (Wildman–Crippen MR) is 152 cm³/mol. The third kappa shape index (κ3) is 17.1. The molecule has 0 spiro atoms. The molecule has 3 nitrogen and oxygen atoms in total. The minimum atomic E-state index is 0.111. The van der Waals surface area contributed by atoms with E-state index in [2.05, 4.69) is 33.8 Å². The number of unbranched alkanes of at least 4 members (excludes halogenated alkanes) is 14. The highest BCUT2D eigenvalue weighted by Crippen LogP contribution is 2.25. The third-order valence-corrected chi connectivity index (χ3v) is 7.05. The molecular weight excluding hydrogens is 432 g/mol. The van der Waals surface area contributed by atoms with Crippen molar-refractivity contribution < 1.29 is 14.6 Å². The fraction of sp³-hybridized carbons (Fsp3) is 0.812. The largest absolute Gasteiger partial charge is 0.508 e. The second kappa shape index (κ2) is 22.2. The molecular formula is C32H58O3. The lowest BCUT2D eigenvalue weighted by Crippen LogP contribution is -2.17. The van der Waals surface area contributed by atoms with Crippen LogP contribution in [0.5, 0.6) is 5.75 Å². The summed E-state index contributed by atoms with van der Waals surface area (Å²) in [6.45, 7) is 10.5. The van der Waals surface area contributed by atoms with E-state index in [0.717, 1.165) is 44.5 Å². The van der Waals surface area contributed by atoms with E-state index >= 15 is 0 Å². The molecule has 2 unspecified atom stereocenters. The molecule has 0 radical (unpaired) electrons. The SMILES string of the molecule is CCCCCCCCCCOC(C)Cc1cccc(O)c1CC(C)OCCCCCCCCCC. The summed E-state index contributed by atoms with van der Waals surface area (Å²) in [5, 5.41) is 10.5. The monoisotopic (exact) mass is 490 g/mol. The summed E-state index contributed by atoms with van der Waals surface area (Å²) in [6.07, 6.45) is 23.0. The molecule has 0 heterocycles. The molecule has 0 saturated heterocycles. The second-order valence-electron chi connectivity index (χ2n) is 10.6. The minimum absolute atomic E-state index is 0.111. The van der Waals surface area contributed by atoms with E-state index in [1.54, 1.807) is 6.07 Å². The molecule has 0 aliphatic heterocycles. The molecule has 0 bridgehead atoms. The molecule has 0 amide bonds. The number of benzene rings is 1. The lowest BCUT2D eigenvalue weighted by molar-refractivity contribution is 0.0594. The van der Waals surface area contributed by atoms with Gasteiger partial charge in [-0.25, -0.2) is 0 Å². The highest BCUT2D eigenvalue weighted by atomic mass is 16.5. The van der Waals surface area contributed by atoms with E-state index in [-0.39, 0.29) is 12.2 Å². The summed E-state index contributed by atoms with van der Waals surface area (Å²) in [6, 6.07) is 5.89. The van der Waals surface area contributed by atoms with Crippen LogP contribution in [0.1, 0.15) is 142 Å². The van der Waals surface area contributed by atoms with E-state index in [9.17, 15) is 5.11 Å². The summed E-state index contributed by atoms with van der Waals surface area (Å²) in [7, 11) is 0. The average Bonchev–Trinajstić information content (AvgIpc) is 2.84. The fourth-order valence-corrected chi connectivity index (χ4v) is 4.80. The summed E-state index contributed by atoms with van der Waals surface area (Å²) in [5.41, 5.74) is 2.22. The van der Waals surface area contributed by atoms with Crippen molar-refractivity contribution in [2.24, 2.45) is 0 Å². The van der Waals surface area contributed by atoms with Gasteiger partial charge >= 0.3 is 0 Å². The topological polar surface area (TPSA) is 38.7 Å². The van der Waals surface area contributed by atoms with Crippen LogP contribution in [0.25, 0.3) is 0 Å². The van der Waals surface area contributed by atoms with Crippen LogP contribution < -0.4 is 0 Å². The van der Waals surface area contributed by atoms with Crippen molar-refractivity contribution in [3.63, 3.8) is 0 Å². The molecule has 1 N–H and O–H groups in total. The van der Waals surface area contributed by atoms with E-state index in [1.807, 2.05) is 6.07 Å². The Morgan fingerprint density at radius 2 is 1.03 bits per heavy atom. The van der Waals surface area contributed by atoms with Gasteiger partial charge in [0.1, 0.15) is 5.75 Å². The molecule has 0 fully saturated rings. The standard InChI is InChI=1S/C32H58O3/c1-5-7-9-11-13-15-17-19-24-34-28(3)26-30-22-21-23-32(33)31(30)27-29(4)35-25-20-18-16-14-12-10-8-6-2/h21-23,28-29,33H,5-20,24-27H2,1-4H3. The summed E-state index contributed by atoms with van der Waals surface area (Å²) in [5.74, 6) is 0.389. The molecule has 0 aliphatic rings. The smallest absolute Gasteiger partial charge is 0.119 e. The van der Waals surface area contributed by atoms with Gasteiger partial charge < -0.3 is 14.6 Å². The van der Waals surface area contributed by atoms with Crippen LogP contribution >= 0.6 is 0 Å². The molecule has 204 valence electrons. The number of phenols is 1. The Balaban J connectivity index is 2.26. The van der Waals surface area contributed by atoms with Crippen molar-refractivity contribution >= 4 is 0 Å². The van der Waals surface area contributed by atoms with Crippen LogP contribution in [0.3, 0.4) is 0 Å². The van der Waals surface area contributed by atoms with Crippen LogP contribution in [0.15, 0.2) is 18.2 Å². The van der Waals surface area contributed by atoms with Crippen molar-refractivity contribution in [2.75, 3.05) is 13.2 Å². The normalized spacial score (nSPS) is 13.3. The summed E-state index contributed by atoms with van der Waals surface area (Å²) >= 11 is 0. The van der Waals surface area contributed by atoms with Gasteiger partial charge in [-0.3, -0.25) is 0 Å². The Hall–Kier alpha value is -1.06. The van der Waals surface area contributed by atoms with Crippen LogP contribution in [0.2, 0.25) is 0 Å². The Labute approximate surface area is 218 Å². The Morgan fingerprint density at radius 1 is 0.600 bits per heavy atom. The third-order valence-electron chi connectivity index (χ3n) is 7.05. The zero-order valence-electron chi connectivity index (χ0n) is 23.8. The van der Waals surface area contributed by atoms with Gasteiger partial charge in [0.15, 0.2) is 0 Å².